The summed E-state index contributed by atoms with van der Waals surface area (Å²) in [5.74, 6) is 0. The van der Waals surface area contributed by atoms with Crippen molar-refractivity contribution in [3.8, 4) is 0 Å². The van der Waals surface area contributed by atoms with Crippen LogP contribution in [0.4, 0.5) is 0 Å². The van der Waals surface area contributed by atoms with Crippen molar-refractivity contribution >= 4 is 44.4 Å². The van der Waals surface area contributed by atoms with E-state index in [1.807, 2.05) is 0 Å². The van der Waals surface area contributed by atoms with Crippen molar-refractivity contribution in [1.29, 1.82) is 0 Å². The van der Waals surface area contributed by atoms with Gasteiger partial charge in [-0.15, -0.1) is 20.4 Å². The molecule has 8 aromatic rings. The summed E-state index contributed by atoms with van der Waals surface area (Å²) in [5, 5.41) is 63.6. The van der Waals surface area contributed by atoms with Crippen molar-refractivity contribution in [1.82, 2.24) is 80.6 Å². The number of aromatic nitrogens is 16. The van der Waals surface area contributed by atoms with Crippen LogP contribution in [0.1, 0.15) is 0 Å². The van der Waals surface area contributed by atoms with E-state index in [1.165, 1.54) is 12.4 Å². The van der Waals surface area contributed by atoms with E-state index in [0.717, 1.165) is 4.85 Å². The molecule has 0 fully saturated rings. The summed E-state index contributed by atoms with van der Waals surface area (Å²) >= 11 is 0. The van der Waals surface area contributed by atoms with E-state index >= 15 is 0 Å². The average molecular weight is 544 g/mol. The average Bonchev–Trinajstić information content (AvgIpc) is 3.78. The monoisotopic (exact) mass is 544 g/mol. The van der Waals surface area contributed by atoms with Crippen LogP contribution in [0.3, 0.4) is 0 Å². The first-order valence-corrected chi connectivity index (χ1v) is 10.9. The van der Waals surface area contributed by atoms with Crippen LogP contribution in [0, 0.1) is 0 Å². The normalized spacial score (nSPS) is 10.4. The topological polar surface area (TPSA) is 255 Å². The van der Waals surface area contributed by atoms with Gasteiger partial charge in [0.1, 0.15) is 33.1 Å². The van der Waals surface area contributed by atoms with E-state index in [2.05, 4.69) is 61.2 Å². The van der Waals surface area contributed by atoms with Crippen molar-refractivity contribution in [3.05, 3.63) is 73.6 Å². The summed E-state index contributed by atoms with van der Waals surface area (Å²) in [5.41, 5.74) is 4.24. The Balaban J connectivity index is 0.000000108. The highest BCUT2D eigenvalue weighted by molar-refractivity contribution is 5.72. The SMILES string of the molecule is On1nnc2cccnc21.On1nnc2ccncc21.On1nnc2cnccc21.On1nnc2ncccc21. The third-order valence-electron chi connectivity index (χ3n) is 4.86. The molecule has 0 saturated carbocycles. The maximum Gasteiger partial charge on any atom is 0.219 e. The van der Waals surface area contributed by atoms with Crippen LogP contribution >= 0.6 is 0 Å². The maximum atomic E-state index is 8.93. The molecule has 0 saturated heterocycles. The first-order valence-electron chi connectivity index (χ1n) is 10.9. The molecule has 0 aromatic carbocycles. The standard InChI is InChI=1S/4C5H4N4O/c10-9-5-1-2-6-3-4(5)7-8-9;10-9-5-3-6-2-1-4(5)7-8-9;10-9-4-2-1-3-6-5(4)7-8-9;10-9-5-4(7-8-9)2-1-3-6-5/h4*1-3,10H. The first-order chi connectivity index (χ1) is 19.5. The fraction of sp³-hybridized carbons (Fsp3) is 0. The lowest BCUT2D eigenvalue weighted by molar-refractivity contribution is 0.153. The quantitative estimate of drug-likeness (QED) is 0.187. The molecule has 8 heterocycles. The molecule has 0 bridgehead atoms. The maximum absolute atomic E-state index is 8.93. The Labute approximate surface area is 219 Å². The van der Waals surface area contributed by atoms with E-state index < -0.39 is 0 Å². The number of pyridine rings is 4. The number of fused-ring (bicyclic) bond motifs is 4. The minimum Gasteiger partial charge on any atom is -0.410 e. The van der Waals surface area contributed by atoms with Crippen LogP contribution in [0.25, 0.3) is 44.4 Å². The summed E-state index contributed by atoms with van der Waals surface area (Å²) < 4.78 is 0. The lowest BCUT2D eigenvalue weighted by Crippen LogP contribution is -1.92. The molecule has 4 N–H and O–H groups in total. The van der Waals surface area contributed by atoms with E-state index in [9.17, 15) is 0 Å². The van der Waals surface area contributed by atoms with Crippen molar-refractivity contribution in [2.45, 2.75) is 0 Å². The molecule has 200 valence electrons. The third kappa shape index (κ3) is 5.39. The lowest BCUT2D eigenvalue weighted by Gasteiger charge is -1.85. The second-order valence-electron chi connectivity index (χ2n) is 7.34. The summed E-state index contributed by atoms with van der Waals surface area (Å²) in [7, 11) is 0. The van der Waals surface area contributed by atoms with Crippen LogP contribution in [0.5, 0.6) is 0 Å². The number of hydrogen-bond acceptors (Lipinski definition) is 16. The molecule has 0 aliphatic carbocycles. The Kier molecular flexibility index (Phi) is 7.02. The predicted octanol–water partition coefficient (Wildman–Crippen LogP) is 0.254. The Bertz CT molecular complexity index is 1710. The zero-order valence-corrected chi connectivity index (χ0v) is 19.9. The molecule has 0 aliphatic heterocycles. The van der Waals surface area contributed by atoms with Gasteiger partial charge in [0, 0.05) is 24.8 Å². The van der Waals surface area contributed by atoms with Crippen molar-refractivity contribution in [2.24, 2.45) is 0 Å². The molecule has 0 amide bonds. The van der Waals surface area contributed by atoms with Crippen molar-refractivity contribution in [2.75, 3.05) is 0 Å². The zero-order chi connectivity index (χ0) is 27.9. The lowest BCUT2D eigenvalue weighted by atomic mass is 10.4. The molecular weight excluding hydrogens is 528 g/mol. The molecule has 8 aromatic heterocycles. The van der Waals surface area contributed by atoms with E-state index in [4.69, 9.17) is 20.8 Å². The fourth-order valence-corrected chi connectivity index (χ4v) is 3.03. The van der Waals surface area contributed by atoms with E-state index in [0.29, 0.717) is 58.9 Å². The van der Waals surface area contributed by atoms with Gasteiger partial charge in [-0.2, -0.15) is 0 Å². The van der Waals surface area contributed by atoms with Crippen LogP contribution in [0.15, 0.2) is 73.6 Å². The van der Waals surface area contributed by atoms with Crippen molar-refractivity contribution < 1.29 is 20.8 Å². The third-order valence-corrected chi connectivity index (χ3v) is 4.86. The summed E-state index contributed by atoms with van der Waals surface area (Å²) in [4.78, 5) is 18.0. The Morgan fingerprint density at radius 1 is 0.475 bits per heavy atom. The molecular formula is C20H16N16O4. The van der Waals surface area contributed by atoms with Crippen LogP contribution in [-0.4, -0.2) is 101 Å². The van der Waals surface area contributed by atoms with Gasteiger partial charge in [0.25, 0.3) is 0 Å². The molecule has 0 radical (unpaired) electrons. The Hall–Kier alpha value is -6.60. The summed E-state index contributed by atoms with van der Waals surface area (Å²) in [6.07, 6.45) is 9.36. The highest BCUT2D eigenvalue weighted by Gasteiger charge is 2.02. The van der Waals surface area contributed by atoms with Gasteiger partial charge in [0.15, 0.2) is 0 Å². The van der Waals surface area contributed by atoms with Gasteiger partial charge in [-0.1, -0.05) is 19.4 Å². The van der Waals surface area contributed by atoms with Gasteiger partial charge in [0.2, 0.25) is 11.3 Å². The predicted molar refractivity (Wildman–Crippen MR) is 130 cm³/mol. The Morgan fingerprint density at radius 2 is 1.10 bits per heavy atom. The molecule has 0 unspecified atom stereocenters. The molecule has 0 atom stereocenters. The molecule has 8 rings (SSSR count). The minimum atomic E-state index is 0.377. The smallest absolute Gasteiger partial charge is 0.219 e. The molecule has 0 spiro atoms. The molecule has 20 heteroatoms. The molecule has 40 heavy (non-hydrogen) atoms. The minimum absolute atomic E-state index is 0.377. The summed E-state index contributed by atoms with van der Waals surface area (Å²) in [6.45, 7) is 0. The summed E-state index contributed by atoms with van der Waals surface area (Å²) in [6, 6.07) is 10.2. The van der Waals surface area contributed by atoms with Gasteiger partial charge in [0.05, 0.1) is 12.4 Å². The molecule has 0 aliphatic rings. The van der Waals surface area contributed by atoms with Crippen LogP contribution in [0.2, 0.25) is 0 Å². The van der Waals surface area contributed by atoms with Gasteiger partial charge in [-0.3, -0.25) is 9.97 Å². The van der Waals surface area contributed by atoms with E-state index in [1.54, 1.807) is 61.2 Å². The van der Waals surface area contributed by atoms with E-state index in [-0.39, 0.29) is 0 Å². The highest BCUT2D eigenvalue weighted by atomic mass is 16.5. The second kappa shape index (κ2) is 11.2. The fourth-order valence-electron chi connectivity index (χ4n) is 3.03. The molecule has 20 nitrogen and oxygen atoms in total. The number of rotatable bonds is 0. The van der Waals surface area contributed by atoms with Gasteiger partial charge in [-0.05, 0) is 57.3 Å². The number of nitrogens with zero attached hydrogens (tertiary/aromatic N) is 16. The van der Waals surface area contributed by atoms with Gasteiger partial charge >= 0.3 is 0 Å². The van der Waals surface area contributed by atoms with Crippen molar-refractivity contribution in [3.63, 3.8) is 0 Å². The largest absolute Gasteiger partial charge is 0.410 e. The van der Waals surface area contributed by atoms with Gasteiger partial charge < -0.3 is 20.8 Å². The Morgan fingerprint density at radius 3 is 1.88 bits per heavy atom. The highest BCUT2D eigenvalue weighted by Crippen LogP contribution is 2.06. The second-order valence-corrected chi connectivity index (χ2v) is 7.34. The zero-order valence-electron chi connectivity index (χ0n) is 19.9. The van der Waals surface area contributed by atoms with Crippen LogP contribution in [-0.2, 0) is 0 Å². The first kappa shape index (κ1) is 25.1. The van der Waals surface area contributed by atoms with Gasteiger partial charge in [-0.25, -0.2) is 9.97 Å². The van der Waals surface area contributed by atoms with Crippen LogP contribution < -0.4 is 0 Å². The number of hydrogen-bond donors (Lipinski definition) is 4.